The molecular weight excluding hydrogens is 246 g/mol. The van der Waals surface area contributed by atoms with Crippen LogP contribution in [0.3, 0.4) is 0 Å². The molecule has 0 aliphatic carbocycles. The van der Waals surface area contributed by atoms with Gasteiger partial charge in [-0.25, -0.2) is 0 Å². The quantitative estimate of drug-likeness (QED) is 0.769. The summed E-state index contributed by atoms with van der Waals surface area (Å²) in [4.78, 5) is 2.56. The zero-order valence-electron chi connectivity index (χ0n) is 14.9. The van der Waals surface area contributed by atoms with Gasteiger partial charge in [-0.3, -0.25) is 4.90 Å². The third kappa shape index (κ3) is 4.21. The van der Waals surface area contributed by atoms with E-state index >= 15 is 0 Å². The highest BCUT2D eigenvalue weighted by atomic mass is 16.3. The highest BCUT2D eigenvalue weighted by Gasteiger charge is 2.42. The lowest BCUT2D eigenvalue weighted by atomic mass is 9.77. The number of nitrogens with zero attached hydrogens (tertiary/aromatic N) is 1. The average Bonchev–Trinajstić information content (AvgIpc) is 2.33. The van der Waals surface area contributed by atoms with Gasteiger partial charge < -0.3 is 5.11 Å². The van der Waals surface area contributed by atoms with E-state index in [4.69, 9.17) is 0 Å². The fourth-order valence-corrected chi connectivity index (χ4v) is 3.92. The van der Waals surface area contributed by atoms with Crippen molar-refractivity contribution in [1.29, 1.82) is 0 Å². The van der Waals surface area contributed by atoms with Crippen LogP contribution in [0, 0.1) is 5.41 Å². The van der Waals surface area contributed by atoms with Crippen molar-refractivity contribution in [2.45, 2.75) is 104 Å². The highest BCUT2D eigenvalue weighted by Crippen LogP contribution is 2.39. The van der Waals surface area contributed by atoms with Gasteiger partial charge in [-0.05, 0) is 58.8 Å². The molecule has 1 fully saturated rings. The molecule has 1 heterocycles. The predicted molar refractivity (Wildman–Crippen MR) is 88.0 cm³/mol. The molecule has 0 radical (unpaired) electrons. The van der Waals surface area contributed by atoms with Crippen LogP contribution in [0.5, 0.6) is 0 Å². The summed E-state index contributed by atoms with van der Waals surface area (Å²) in [6.45, 7) is 16.9. The largest absolute Gasteiger partial charge is 0.392 e. The van der Waals surface area contributed by atoms with Crippen LogP contribution in [-0.2, 0) is 0 Å². The predicted octanol–water partition coefficient (Wildman–Crippen LogP) is 4.61. The molecule has 0 aromatic heterocycles. The summed E-state index contributed by atoms with van der Waals surface area (Å²) in [6.07, 6.45) is 6.78. The third-order valence-corrected chi connectivity index (χ3v) is 5.87. The van der Waals surface area contributed by atoms with Crippen LogP contribution in [0.4, 0.5) is 0 Å². The van der Waals surface area contributed by atoms with Crippen LogP contribution in [0.25, 0.3) is 0 Å². The molecule has 0 saturated carbocycles. The molecular formula is C18H37NO. The summed E-state index contributed by atoms with van der Waals surface area (Å²) in [6, 6.07) is 0. The van der Waals surface area contributed by atoms with E-state index < -0.39 is 0 Å². The molecule has 2 nitrogen and oxygen atoms in total. The SMILES string of the molecule is CCC(C)(CC)CC(O)CN1C(C)(C)CCCC1(C)C. The van der Waals surface area contributed by atoms with Crippen LogP contribution in [0.2, 0.25) is 0 Å². The Hall–Kier alpha value is -0.0800. The minimum atomic E-state index is -0.212. The van der Waals surface area contributed by atoms with Crippen LogP contribution in [0.15, 0.2) is 0 Å². The lowest BCUT2D eigenvalue weighted by Gasteiger charge is -2.54. The Morgan fingerprint density at radius 1 is 1.05 bits per heavy atom. The second kappa shape index (κ2) is 6.36. The smallest absolute Gasteiger partial charge is 0.0672 e. The molecule has 0 amide bonds. The average molecular weight is 283 g/mol. The van der Waals surface area contributed by atoms with E-state index in [1.54, 1.807) is 0 Å². The van der Waals surface area contributed by atoms with Gasteiger partial charge >= 0.3 is 0 Å². The monoisotopic (exact) mass is 283 g/mol. The van der Waals surface area contributed by atoms with E-state index in [0.717, 1.165) is 25.8 Å². The molecule has 20 heavy (non-hydrogen) atoms. The molecule has 2 heteroatoms. The second-order valence-electron chi connectivity index (χ2n) is 8.46. The number of hydrogen-bond donors (Lipinski definition) is 1. The zero-order chi connectivity index (χ0) is 15.6. The molecule has 1 atom stereocenters. The van der Waals surface area contributed by atoms with E-state index in [2.05, 4.69) is 53.4 Å². The number of rotatable bonds is 6. The molecule has 1 saturated heterocycles. The van der Waals surface area contributed by atoms with Crippen molar-refractivity contribution in [3.63, 3.8) is 0 Å². The van der Waals surface area contributed by atoms with Crippen LogP contribution in [0.1, 0.15) is 87.0 Å². The van der Waals surface area contributed by atoms with Crippen molar-refractivity contribution in [3.05, 3.63) is 0 Å². The zero-order valence-corrected chi connectivity index (χ0v) is 14.9. The lowest BCUT2D eigenvalue weighted by Crippen LogP contribution is -2.60. The molecule has 0 aromatic rings. The van der Waals surface area contributed by atoms with Gasteiger partial charge in [0.2, 0.25) is 0 Å². The normalized spacial score (nSPS) is 24.6. The number of piperidine rings is 1. The van der Waals surface area contributed by atoms with Crippen molar-refractivity contribution in [1.82, 2.24) is 4.90 Å². The maximum atomic E-state index is 10.6. The Kier molecular flexibility index (Phi) is 5.71. The summed E-state index contributed by atoms with van der Waals surface area (Å²) in [7, 11) is 0. The topological polar surface area (TPSA) is 23.5 Å². The highest BCUT2D eigenvalue weighted by molar-refractivity contribution is 4.98. The van der Waals surface area contributed by atoms with Gasteiger partial charge in [0, 0.05) is 17.6 Å². The first kappa shape index (κ1) is 18.0. The van der Waals surface area contributed by atoms with E-state index in [0.29, 0.717) is 0 Å². The third-order valence-electron chi connectivity index (χ3n) is 5.87. The Morgan fingerprint density at radius 2 is 1.50 bits per heavy atom. The molecule has 0 spiro atoms. The Labute approximate surface area is 126 Å². The Bertz CT molecular complexity index is 289. The molecule has 1 aliphatic heterocycles. The summed E-state index contributed by atoms with van der Waals surface area (Å²) in [5, 5.41) is 10.6. The molecule has 1 N–H and O–H groups in total. The Balaban J connectivity index is 2.74. The molecule has 1 unspecified atom stereocenters. The first-order valence-corrected chi connectivity index (χ1v) is 8.52. The summed E-state index contributed by atoms with van der Waals surface area (Å²) >= 11 is 0. The van der Waals surface area contributed by atoms with E-state index in [1.165, 1.54) is 19.3 Å². The number of aliphatic hydroxyl groups is 1. The van der Waals surface area contributed by atoms with Crippen molar-refractivity contribution in [3.8, 4) is 0 Å². The van der Waals surface area contributed by atoms with Crippen LogP contribution >= 0.6 is 0 Å². The minimum absolute atomic E-state index is 0.206. The lowest BCUT2D eigenvalue weighted by molar-refractivity contribution is -0.0617. The van der Waals surface area contributed by atoms with Crippen LogP contribution < -0.4 is 0 Å². The number of aliphatic hydroxyl groups excluding tert-OH is 1. The second-order valence-corrected chi connectivity index (χ2v) is 8.46. The van der Waals surface area contributed by atoms with Gasteiger partial charge in [0.15, 0.2) is 0 Å². The fourth-order valence-electron chi connectivity index (χ4n) is 3.92. The minimum Gasteiger partial charge on any atom is -0.392 e. The van der Waals surface area contributed by atoms with Gasteiger partial charge in [0.05, 0.1) is 6.10 Å². The molecule has 120 valence electrons. The van der Waals surface area contributed by atoms with E-state index in [9.17, 15) is 5.11 Å². The first-order chi connectivity index (χ1) is 9.06. The van der Waals surface area contributed by atoms with Gasteiger partial charge in [-0.15, -0.1) is 0 Å². The number of hydrogen-bond acceptors (Lipinski definition) is 2. The van der Waals surface area contributed by atoms with Crippen molar-refractivity contribution < 1.29 is 5.11 Å². The molecule has 1 aliphatic rings. The van der Waals surface area contributed by atoms with Gasteiger partial charge in [-0.1, -0.05) is 33.6 Å². The standard InChI is InChI=1S/C18H37NO/c1-8-18(7,9-2)13-15(20)14-19-16(3,4)11-10-12-17(19,5)6/h15,20H,8-14H2,1-7H3. The van der Waals surface area contributed by atoms with E-state index in [-0.39, 0.29) is 22.6 Å². The Morgan fingerprint density at radius 3 is 1.90 bits per heavy atom. The van der Waals surface area contributed by atoms with Crippen molar-refractivity contribution >= 4 is 0 Å². The maximum Gasteiger partial charge on any atom is 0.0672 e. The van der Waals surface area contributed by atoms with Gasteiger partial charge in [-0.2, -0.15) is 0 Å². The first-order valence-electron chi connectivity index (χ1n) is 8.52. The van der Waals surface area contributed by atoms with Crippen molar-refractivity contribution in [2.75, 3.05) is 6.54 Å². The summed E-state index contributed by atoms with van der Waals surface area (Å²) in [5.41, 5.74) is 0.693. The summed E-state index contributed by atoms with van der Waals surface area (Å²) in [5.74, 6) is 0. The van der Waals surface area contributed by atoms with Crippen molar-refractivity contribution in [2.24, 2.45) is 5.41 Å². The van der Waals surface area contributed by atoms with E-state index in [1.807, 2.05) is 0 Å². The molecule has 0 bridgehead atoms. The summed E-state index contributed by atoms with van der Waals surface area (Å²) < 4.78 is 0. The number of likely N-dealkylation sites (tertiary alicyclic amines) is 1. The van der Waals surface area contributed by atoms with Gasteiger partial charge in [0.25, 0.3) is 0 Å². The van der Waals surface area contributed by atoms with Gasteiger partial charge in [0.1, 0.15) is 0 Å². The fraction of sp³-hybridized carbons (Fsp3) is 1.00. The van der Waals surface area contributed by atoms with Crippen LogP contribution in [-0.4, -0.2) is 33.7 Å². The molecule has 1 rings (SSSR count). The molecule has 0 aromatic carbocycles. The number of β-amino-alcohol motifs (C(OH)–C–C–N with tert-alkyl or cyclic N) is 1. The maximum absolute atomic E-state index is 10.6.